The Morgan fingerprint density at radius 3 is 2.33 bits per heavy atom. The second-order valence-electron chi connectivity index (χ2n) is 12.8. The molecule has 2 fully saturated rings. The molecule has 0 unspecified atom stereocenters. The first-order valence-corrected chi connectivity index (χ1v) is 13.8. The van der Waals surface area contributed by atoms with E-state index in [0.717, 1.165) is 5.57 Å². The number of fused-ring (bicyclic) bond motifs is 5. The molecule has 214 valence electrons. The molecule has 0 aromatic rings. The third-order valence-corrected chi connectivity index (χ3v) is 11.3. The highest BCUT2D eigenvalue weighted by molar-refractivity contribution is 5.97. The fraction of sp³-hybridized carbons (Fsp3) is 0.700. The molecule has 1 heterocycles. The monoisotopic (exact) mass is 544 g/mol. The van der Waals surface area contributed by atoms with Crippen LogP contribution in [0.5, 0.6) is 0 Å². The van der Waals surface area contributed by atoms with E-state index in [2.05, 4.69) is 0 Å². The minimum atomic E-state index is -1.91. The minimum absolute atomic E-state index is 0.0522. The van der Waals surface area contributed by atoms with Crippen molar-refractivity contribution in [3.05, 3.63) is 34.9 Å². The average Bonchev–Trinajstić information content (AvgIpc) is 3.09. The second kappa shape index (κ2) is 8.83. The molecule has 9 heteroatoms. The quantitative estimate of drug-likeness (QED) is 0.309. The van der Waals surface area contributed by atoms with Gasteiger partial charge in [-0.15, -0.1) is 0 Å². The minimum Gasteiger partial charge on any atom is -0.458 e. The second-order valence-corrected chi connectivity index (χ2v) is 12.8. The van der Waals surface area contributed by atoms with E-state index in [9.17, 15) is 34.8 Å². The molecule has 5 rings (SSSR count). The van der Waals surface area contributed by atoms with Crippen LogP contribution < -0.4 is 0 Å². The van der Waals surface area contributed by atoms with E-state index < -0.39 is 76.1 Å². The number of aliphatic hydroxyl groups excluding tert-OH is 2. The topological polar surface area (TPSA) is 151 Å². The third-order valence-electron chi connectivity index (χ3n) is 11.3. The van der Waals surface area contributed by atoms with Gasteiger partial charge in [-0.05, 0) is 64.0 Å². The fourth-order valence-electron chi connectivity index (χ4n) is 8.64. The van der Waals surface area contributed by atoms with Gasteiger partial charge in [-0.25, -0.2) is 4.79 Å². The zero-order valence-electron chi connectivity index (χ0n) is 23.4. The van der Waals surface area contributed by atoms with Gasteiger partial charge in [-0.2, -0.15) is 0 Å². The van der Waals surface area contributed by atoms with Gasteiger partial charge in [0.25, 0.3) is 0 Å². The summed E-state index contributed by atoms with van der Waals surface area (Å²) in [6.07, 6.45) is 0.908. The Kier molecular flexibility index (Phi) is 6.39. The molecule has 9 nitrogen and oxygen atoms in total. The van der Waals surface area contributed by atoms with Gasteiger partial charge in [-0.1, -0.05) is 31.1 Å². The summed E-state index contributed by atoms with van der Waals surface area (Å²) in [5.41, 5.74) is -4.45. The number of hydrogen-bond acceptors (Lipinski definition) is 9. The number of ketones is 1. The summed E-state index contributed by atoms with van der Waals surface area (Å²) < 4.78 is 11.4. The SMILES string of the molecule is CC(=O)O[C@H]1C=C([C@H](C)[C@H]2CC(C)=C(C)C(=O)O2)[C@@]2(C)[C@H](O)C[C@H]3[C@@H](C[C@@H](O)[C@@]4(O)CC=CC(=O)[C@]34C)[C@@]12O. The van der Waals surface area contributed by atoms with Crippen LogP contribution in [0.25, 0.3) is 0 Å². The number of esters is 2. The molecular weight excluding hydrogens is 504 g/mol. The maximum atomic E-state index is 13.4. The van der Waals surface area contributed by atoms with Crippen LogP contribution in [-0.2, 0) is 23.9 Å². The zero-order valence-corrected chi connectivity index (χ0v) is 23.4. The Hall–Kier alpha value is -2.33. The van der Waals surface area contributed by atoms with Gasteiger partial charge in [-0.3, -0.25) is 9.59 Å². The lowest BCUT2D eigenvalue weighted by atomic mass is 9.40. The summed E-state index contributed by atoms with van der Waals surface area (Å²) in [6, 6.07) is 0. The highest BCUT2D eigenvalue weighted by Gasteiger charge is 2.77. The summed E-state index contributed by atoms with van der Waals surface area (Å²) in [5, 5.41) is 47.6. The van der Waals surface area contributed by atoms with E-state index in [0.29, 0.717) is 17.6 Å². The lowest BCUT2D eigenvalue weighted by molar-refractivity contribution is -0.290. The van der Waals surface area contributed by atoms with Crippen LogP contribution in [0.4, 0.5) is 0 Å². The molecule has 39 heavy (non-hydrogen) atoms. The Balaban J connectivity index is 1.63. The highest BCUT2D eigenvalue weighted by Crippen LogP contribution is 2.69. The highest BCUT2D eigenvalue weighted by atomic mass is 16.6. The van der Waals surface area contributed by atoms with E-state index in [1.54, 1.807) is 32.9 Å². The van der Waals surface area contributed by atoms with Gasteiger partial charge < -0.3 is 29.9 Å². The molecule has 1 aliphatic heterocycles. The van der Waals surface area contributed by atoms with E-state index in [1.165, 1.54) is 13.0 Å². The van der Waals surface area contributed by atoms with Crippen molar-refractivity contribution < 1.29 is 44.3 Å². The molecule has 11 atom stereocenters. The largest absolute Gasteiger partial charge is 0.458 e. The van der Waals surface area contributed by atoms with Crippen molar-refractivity contribution in [1.82, 2.24) is 0 Å². The number of cyclic esters (lactones) is 1. The average molecular weight is 545 g/mol. The number of carbonyl (C=O) groups is 3. The predicted molar refractivity (Wildman–Crippen MR) is 139 cm³/mol. The third kappa shape index (κ3) is 3.42. The van der Waals surface area contributed by atoms with Crippen LogP contribution >= 0.6 is 0 Å². The molecule has 0 aromatic carbocycles. The molecule has 0 aromatic heterocycles. The van der Waals surface area contributed by atoms with Crippen molar-refractivity contribution in [3.8, 4) is 0 Å². The molecule has 0 saturated heterocycles. The van der Waals surface area contributed by atoms with Crippen LogP contribution in [0.3, 0.4) is 0 Å². The first-order valence-electron chi connectivity index (χ1n) is 13.8. The maximum absolute atomic E-state index is 13.4. The van der Waals surface area contributed by atoms with Crippen LogP contribution in [0.2, 0.25) is 0 Å². The predicted octanol–water partition coefficient (Wildman–Crippen LogP) is 1.91. The van der Waals surface area contributed by atoms with Gasteiger partial charge in [0.1, 0.15) is 17.3 Å². The summed E-state index contributed by atoms with van der Waals surface area (Å²) in [4.78, 5) is 38.2. The lowest BCUT2D eigenvalue weighted by Crippen LogP contribution is -2.76. The normalized spacial score (nSPS) is 48.0. The number of carbonyl (C=O) groups excluding carboxylic acids is 3. The number of aliphatic hydroxyl groups is 4. The Bertz CT molecular complexity index is 1220. The molecule has 0 bridgehead atoms. The number of rotatable bonds is 3. The van der Waals surface area contributed by atoms with Gasteiger partial charge in [0.15, 0.2) is 11.9 Å². The first kappa shape index (κ1) is 28.2. The number of hydrogen-bond donors (Lipinski definition) is 4. The zero-order chi connectivity index (χ0) is 28.9. The molecule has 0 spiro atoms. The van der Waals surface area contributed by atoms with Crippen LogP contribution in [0.1, 0.15) is 67.2 Å². The number of ether oxygens (including phenoxy) is 2. The van der Waals surface area contributed by atoms with E-state index in [1.807, 2.05) is 13.8 Å². The summed E-state index contributed by atoms with van der Waals surface area (Å²) in [7, 11) is 0. The molecular formula is C30H40O9. The van der Waals surface area contributed by atoms with E-state index >= 15 is 0 Å². The van der Waals surface area contributed by atoms with Gasteiger partial charge in [0.2, 0.25) is 0 Å². The van der Waals surface area contributed by atoms with Gasteiger partial charge in [0, 0.05) is 30.3 Å². The van der Waals surface area contributed by atoms with Gasteiger partial charge >= 0.3 is 11.9 Å². The van der Waals surface area contributed by atoms with Crippen molar-refractivity contribution in [1.29, 1.82) is 0 Å². The Labute approximate surface area is 228 Å². The molecule has 2 saturated carbocycles. The summed E-state index contributed by atoms with van der Waals surface area (Å²) in [6.45, 7) is 10.0. The summed E-state index contributed by atoms with van der Waals surface area (Å²) in [5.74, 6) is -3.38. The standard InChI is InChI=1S/C30H40O9/c1-14-10-21(39-26(35)15(14)2)16(3)18-13-25(38-17(4)31)30(37)20-12-24(34)29(36)9-7-8-22(32)27(29,5)19(20)11-23(33)28(18,30)6/h7-8,13,16,19-21,23-25,33-34,36-37H,9-12H2,1-6H3/t16-,19-,20+,21+,23+,24+,25-,27-,28-,29-,30+/m0/s1. The van der Waals surface area contributed by atoms with Crippen molar-refractivity contribution >= 4 is 17.7 Å². The van der Waals surface area contributed by atoms with Crippen LogP contribution in [0, 0.1) is 28.6 Å². The summed E-state index contributed by atoms with van der Waals surface area (Å²) >= 11 is 0. The van der Waals surface area contributed by atoms with E-state index in [-0.39, 0.29) is 25.0 Å². The maximum Gasteiger partial charge on any atom is 0.333 e. The molecule has 4 aliphatic carbocycles. The molecule has 0 amide bonds. The van der Waals surface area contributed by atoms with Crippen molar-refractivity contribution in [2.24, 2.45) is 28.6 Å². The van der Waals surface area contributed by atoms with Crippen molar-refractivity contribution in [3.63, 3.8) is 0 Å². The molecule has 0 radical (unpaired) electrons. The van der Waals surface area contributed by atoms with Crippen molar-refractivity contribution in [2.45, 2.75) is 103 Å². The smallest absolute Gasteiger partial charge is 0.333 e. The number of allylic oxidation sites excluding steroid dienone is 1. The molecule has 5 aliphatic rings. The lowest BCUT2D eigenvalue weighted by Gasteiger charge is -2.66. The van der Waals surface area contributed by atoms with Crippen LogP contribution in [0.15, 0.2) is 34.9 Å². The Morgan fingerprint density at radius 2 is 1.72 bits per heavy atom. The van der Waals surface area contributed by atoms with Gasteiger partial charge in [0.05, 0.1) is 17.6 Å². The first-order chi connectivity index (χ1) is 18.0. The Morgan fingerprint density at radius 1 is 1.08 bits per heavy atom. The van der Waals surface area contributed by atoms with Crippen LogP contribution in [-0.4, -0.2) is 73.8 Å². The fourth-order valence-corrected chi connectivity index (χ4v) is 8.64. The van der Waals surface area contributed by atoms with E-state index in [4.69, 9.17) is 9.47 Å². The molecule has 4 N–H and O–H groups in total. The van der Waals surface area contributed by atoms with Crippen molar-refractivity contribution in [2.75, 3.05) is 0 Å².